The minimum Gasteiger partial charge on any atom is -0.351 e. The second-order valence-electron chi connectivity index (χ2n) is 6.19. The van der Waals surface area contributed by atoms with Crippen molar-refractivity contribution in [3.05, 3.63) is 63.0 Å². The van der Waals surface area contributed by atoms with Crippen LogP contribution in [0.5, 0.6) is 0 Å². The highest BCUT2D eigenvalue weighted by atomic mass is 16.2. The van der Waals surface area contributed by atoms with Gasteiger partial charge in [0.2, 0.25) is 0 Å². The van der Waals surface area contributed by atoms with Crippen LogP contribution in [0.1, 0.15) is 32.9 Å². The molecule has 0 bridgehead atoms. The smallest absolute Gasteiger partial charge is 0.270 e. The normalized spacial score (nSPS) is 11.0. The van der Waals surface area contributed by atoms with E-state index in [4.69, 9.17) is 0 Å². The SMILES string of the molecule is Cc1ccc2ncc(C(=O)NCCc3c(C)nn(C)c3C)c(=O)n2c1. The lowest BCUT2D eigenvalue weighted by molar-refractivity contribution is 0.0952. The second kappa shape index (κ2) is 6.51. The topological polar surface area (TPSA) is 81.3 Å². The van der Waals surface area contributed by atoms with Gasteiger partial charge in [-0.15, -0.1) is 0 Å². The molecule has 0 aromatic carbocycles. The zero-order valence-electron chi connectivity index (χ0n) is 14.8. The van der Waals surface area contributed by atoms with Gasteiger partial charge in [0.1, 0.15) is 11.2 Å². The molecule has 0 radical (unpaired) electrons. The molecule has 0 aliphatic rings. The number of nitrogens with one attached hydrogen (secondary N) is 1. The van der Waals surface area contributed by atoms with E-state index >= 15 is 0 Å². The van der Waals surface area contributed by atoms with Gasteiger partial charge in [0.25, 0.3) is 11.5 Å². The first kappa shape index (κ1) is 16.9. The van der Waals surface area contributed by atoms with Crippen LogP contribution in [0.2, 0.25) is 0 Å². The molecule has 0 fully saturated rings. The van der Waals surface area contributed by atoms with Crippen LogP contribution >= 0.6 is 0 Å². The molecule has 0 saturated heterocycles. The molecular formula is C18H21N5O2. The molecule has 1 amide bonds. The summed E-state index contributed by atoms with van der Waals surface area (Å²) in [4.78, 5) is 29.1. The van der Waals surface area contributed by atoms with Crippen molar-refractivity contribution in [3.63, 3.8) is 0 Å². The molecule has 0 saturated carbocycles. The van der Waals surface area contributed by atoms with Gasteiger partial charge in [0, 0.05) is 31.7 Å². The molecule has 3 heterocycles. The molecule has 1 N–H and O–H groups in total. The number of amides is 1. The Bertz CT molecular complexity index is 1020. The summed E-state index contributed by atoms with van der Waals surface area (Å²) >= 11 is 0. The third-order valence-corrected chi connectivity index (χ3v) is 4.41. The molecule has 0 aliphatic carbocycles. The van der Waals surface area contributed by atoms with Crippen LogP contribution in [-0.4, -0.2) is 31.6 Å². The Morgan fingerprint density at radius 2 is 2.00 bits per heavy atom. The lowest BCUT2D eigenvalue weighted by Crippen LogP contribution is -2.32. The maximum Gasteiger partial charge on any atom is 0.270 e. The van der Waals surface area contributed by atoms with Gasteiger partial charge in [-0.1, -0.05) is 6.07 Å². The Hall–Kier alpha value is -2.96. The molecule has 3 aromatic rings. The molecular weight excluding hydrogens is 318 g/mol. The van der Waals surface area contributed by atoms with E-state index in [1.807, 2.05) is 38.6 Å². The standard InChI is InChI=1S/C18H21N5O2/c1-11-5-6-16-20-9-15(18(25)23(16)10-11)17(24)19-8-7-14-12(2)21-22(4)13(14)3/h5-6,9-10H,7-8H2,1-4H3,(H,19,24). The Balaban J connectivity index is 1.76. The number of aryl methyl sites for hydroxylation is 3. The van der Waals surface area contributed by atoms with E-state index in [-0.39, 0.29) is 11.1 Å². The minimum atomic E-state index is -0.410. The van der Waals surface area contributed by atoms with E-state index in [9.17, 15) is 9.59 Å². The van der Waals surface area contributed by atoms with Crippen LogP contribution in [0.3, 0.4) is 0 Å². The number of carbonyl (C=O) groups is 1. The van der Waals surface area contributed by atoms with Crippen LogP contribution in [0.4, 0.5) is 0 Å². The molecule has 7 heteroatoms. The summed E-state index contributed by atoms with van der Waals surface area (Å²) in [6.07, 6.45) is 3.69. The van der Waals surface area contributed by atoms with Crippen LogP contribution in [0, 0.1) is 20.8 Å². The maximum absolute atomic E-state index is 12.5. The van der Waals surface area contributed by atoms with Gasteiger partial charge in [0.05, 0.1) is 5.69 Å². The van der Waals surface area contributed by atoms with Crippen molar-refractivity contribution in [1.82, 2.24) is 24.5 Å². The lowest BCUT2D eigenvalue weighted by Gasteiger charge is -2.07. The average Bonchev–Trinajstić information content (AvgIpc) is 2.81. The number of nitrogens with zero attached hydrogens (tertiary/aromatic N) is 4. The van der Waals surface area contributed by atoms with E-state index < -0.39 is 5.91 Å². The van der Waals surface area contributed by atoms with Crippen molar-refractivity contribution < 1.29 is 4.79 Å². The average molecular weight is 339 g/mol. The van der Waals surface area contributed by atoms with Gasteiger partial charge < -0.3 is 5.32 Å². The molecule has 7 nitrogen and oxygen atoms in total. The molecule has 0 unspecified atom stereocenters. The highest BCUT2D eigenvalue weighted by Gasteiger charge is 2.14. The Morgan fingerprint density at radius 1 is 1.24 bits per heavy atom. The van der Waals surface area contributed by atoms with Crippen molar-refractivity contribution in [2.45, 2.75) is 27.2 Å². The fourth-order valence-corrected chi connectivity index (χ4v) is 2.91. The third kappa shape index (κ3) is 3.17. The monoisotopic (exact) mass is 339 g/mol. The molecule has 25 heavy (non-hydrogen) atoms. The van der Waals surface area contributed by atoms with Gasteiger partial charge >= 0.3 is 0 Å². The van der Waals surface area contributed by atoms with Gasteiger partial charge in [-0.2, -0.15) is 5.10 Å². The number of aromatic nitrogens is 4. The number of fused-ring (bicyclic) bond motifs is 1. The number of rotatable bonds is 4. The summed E-state index contributed by atoms with van der Waals surface area (Å²) in [7, 11) is 1.90. The number of hydrogen-bond donors (Lipinski definition) is 1. The fourth-order valence-electron chi connectivity index (χ4n) is 2.91. The number of hydrogen-bond acceptors (Lipinski definition) is 4. The van der Waals surface area contributed by atoms with E-state index in [0.717, 1.165) is 22.5 Å². The van der Waals surface area contributed by atoms with E-state index in [1.54, 1.807) is 12.3 Å². The molecule has 3 aromatic heterocycles. The zero-order chi connectivity index (χ0) is 18.1. The van der Waals surface area contributed by atoms with E-state index in [0.29, 0.717) is 18.6 Å². The molecule has 3 rings (SSSR count). The predicted octanol–water partition coefficient (Wildman–Crippen LogP) is 1.33. The Kier molecular flexibility index (Phi) is 4.39. The van der Waals surface area contributed by atoms with Crippen LogP contribution in [0.25, 0.3) is 5.65 Å². The van der Waals surface area contributed by atoms with Crippen molar-refractivity contribution >= 4 is 11.6 Å². The molecule has 0 atom stereocenters. The van der Waals surface area contributed by atoms with Crippen LogP contribution in [-0.2, 0) is 13.5 Å². The summed E-state index contributed by atoms with van der Waals surface area (Å²) in [6.45, 7) is 6.27. The summed E-state index contributed by atoms with van der Waals surface area (Å²) in [6, 6.07) is 3.63. The first-order chi connectivity index (χ1) is 11.9. The predicted molar refractivity (Wildman–Crippen MR) is 94.9 cm³/mol. The Labute approximate surface area is 145 Å². The maximum atomic E-state index is 12.5. The quantitative estimate of drug-likeness (QED) is 0.777. The van der Waals surface area contributed by atoms with Crippen molar-refractivity contribution in [2.75, 3.05) is 6.54 Å². The third-order valence-electron chi connectivity index (χ3n) is 4.41. The number of carbonyl (C=O) groups excluding carboxylic acids is 1. The second-order valence-corrected chi connectivity index (χ2v) is 6.19. The first-order valence-corrected chi connectivity index (χ1v) is 8.14. The van der Waals surface area contributed by atoms with Crippen LogP contribution in [0.15, 0.2) is 29.3 Å². The summed E-state index contributed by atoms with van der Waals surface area (Å²) in [5, 5.41) is 7.17. The zero-order valence-corrected chi connectivity index (χ0v) is 14.8. The van der Waals surface area contributed by atoms with Gasteiger partial charge in [-0.25, -0.2) is 4.98 Å². The minimum absolute atomic E-state index is 0.0442. The first-order valence-electron chi connectivity index (χ1n) is 8.14. The van der Waals surface area contributed by atoms with Gasteiger partial charge in [0.15, 0.2) is 0 Å². The summed E-state index contributed by atoms with van der Waals surface area (Å²) in [5.74, 6) is -0.410. The molecule has 130 valence electrons. The summed E-state index contributed by atoms with van der Waals surface area (Å²) in [5.41, 5.74) is 4.28. The molecule has 0 aliphatic heterocycles. The van der Waals surface area contributed by atoms with Crippen LogP contribution < -0.4 is 10.9 Å². The Morgan fingerprint density at radius 3 is 2.68 bits per heavy atom. The van der Waals surface area contributed by atoms with Crippen molar-refractivity contribution in [3.8, 4) is 0 Å². The van der Waals surface area contributed by atoms with E-state index in [1.165, 1.54) is 10.6 Å². The van der Waals surface area contributed by atoms with Gasteiger partial charge in [-0.05, 0) is 44.4 Å². The van der Waals surface area contributed by atoms with Crippen molar-refractivity contribution in [1.29, 1.82) is 0 Å². The summed E-state index contributed by atoms with van der Waals surface area (Å²) < 4.78 is 3.23. The highest BCUT2D eigenvalue weighted by molar-refractivity contribution is 5.93. The molecule has 0 spiro atoms. The number of pyridine rings is 1. The fraction of sp³-hybridized carbons (Fsp3) is 0.333. The van der Waals surface area contributed by atoms with Gasteiger partial charge in [-0.3, -0.25) is 18.7 Å². The van der Waals surface area contributed by atoms with Crippen molar-refractivity contribution in [2.24, 2.45) is 7.05 Å². The lowest BCUT2D eigenvalue weighted by atomic mass is 10.1. The van der Waals surface area contributed by atoms with E-state index in [2.05, 4.69) is 15.4 Å². The highest BCUT2D eigenvalue weighted by Crippen LogP contribution is 2.11. The largest absolute Gasteiger partial charge is 0.351 e.